The van der Waals surface area contributed by atoms with Gasteiger partial charge >= 0.3 is 0 Å². The van der Waals surface area contributed by atoms with Crippen molar-refractivity contribution in [2.75, 3.05) is 23.7 Å². The van der Waals surface area contributed by atoms with Gasteiger partial charge in [-0.1, -0.05) is 6.92 Å². The highest BCUT2D eigenvalue weighted by Gasteiger charge is 2.06. The van der Waals surface area contributed by atoms with E-state index in [1.54, 1.807) is 0 Å². The Kier molecular flexibility index (Phi) is 5.19. The van der Waals surface area contributed by atoms with Gasteiger partial charge in [-0.2, -0.15) is 0 Å². The summed E-state index contributed by atoms with van der Waals surface area (Å²) in [5, 5.41) is 6.29. The largest absolute Gasteiger partial charge is 0.370 e. The normalized spacial score (nSPS) is 10.0. The van der Waals surface area contributed by atoms with E-state index >= 15 is 0 Å². The third-order valence-electron chi connectivity index (χ3n) is 2.29. The fraction of sp³-hybridized carbons (Fsp3) is 0.545. The van der Waals surface area contributed by atoms with Crippen LogP contribution in [0.25, 0.3) is 0 Å². The van der Waals surface area contributed by atoms with E-state index in [0.717, 1.165) is 30.2 Å². The zero-order chi connectivity index (χ0) is 12.7. The zero-order valence-electron chi connectivity index (χ0n) is 10.3. The highest BCUT2D eigenvalue weighted by atomic mass is 16.1. The Morgan fingerprint density at radius 1 is 1.29 bits per heavy atom. The maximum Gasteiger partial charge on any atom is 0.219 e. The Labute approximate surface area is 101 Å². The van der Waals surface area contributed by atoms with Crippen molar-refractivity contribution in [3.8, 4) is 0 Å². The van der Waals surface area contributed by atoms with Crippen molar-refractivity contribution >= 4 is 17.5 Å². The summed E-state index contributed by atoms with van der Waals surface area (Å²) in [6, 6.07) is 0. The number of hydrogen-bond donors (Lipinski definition) is 3. The van der Waals surface area contributed by atoms with Crippen LogP contribution in [0, 0.1) is 6.92 Å². The van der Waals surface area contributed by atoms with Crippen LogP contribution in [0.4, 0.5) is 11.6 Å². The van der Waals surface area contributed by atoms with Gasteiger partial charge in [0.05, 0.1) is 0 Å². The van der Waals surface area contributed by atoms with Crippen molar-refractivity contribution < 1.29 is 4.79 Å². The van der Waals surface area contributed by atoms with E-state index in [0.29, 0.717) is 13.0 Å². The predicted molar refractivity (Wildman–Crippen MR) is 67.9 cm³/mol. The molecule has 17 heavy (non-hydrogen) atoms. The summed E-state index contributed by atoms with van der Waals surface area (Å²) in [5.41, 5.74) is 6.02. The van der Waals surface area contributed by atoms with Gasteiger partial charge in [0.25, 0.3) is 0 Å². The summed E-state index contributed by atoms with van der Waals surface area (Å²) in [7, 11) is 0. The molecule has 4 N–H and O–H groups in total. The molecule has 0 radical (unpaired) electrons. The van der Waals surface area contributed by atoms with Gasteiger partial charge in [0, 0.05) is 25.1 Å². The topological polar surface area (TPSA) is 92.9 Å². The number of aromatic nitrogens is 2. The van der Waals surface area contributed by atoms with Crippen LogP contribution < -0.4 is 16.4 Å². The molecule has 94 valence electrons. The third-order valence-corrected chi connectivity index (χ3v) is 2.29. The summed E-state index contributed by atoms with van der Waals surface area (Å²) < 4.78 is 0. The highest BCUT2D eigenvalue weighted by molar-refractivity contribution is 5.74. The summed E-state index contributed by atoms with van der Waals surface area (Å²) >= 11 is 0. The standard InChI is InChI=1S/C11H19N5O/c1-3-5-13-10-8(2)11(16-7-15-10)14-6-4-9(12)17/h7H,3-6H2,1-2H3,(H2,12,17)(H2,13,14,15,16). The Morgan fingerprint density at radius 2 is 1.88 bits per heavy atom. The van der Waals surface area contributed by atoms with E-state index in [2.05, 4.69) is 27.5 Å². The monoisotopic (exact) mass is 237 g/mol. The quantitative estimate of drug-likeness (QED) is 0.655. The predicted octanol–water partition coefficient (Wildman–Crippen LogP) is 0.894. The molecule has 0 atom stereocenters. The lowest BCUT2D eigenvalue weighted by atomic mass is 10.3. The molecule has 1 aromatic heterocycles. The average Bonchev–Trinajstić information content (AvgIpc) is 2.29. The lowest BCUT2D eigenvalue weighted by molar-refractivity contribution is -0.117. The zero-order valence-corrected chi connectivity index (χ0v) is 10.3. The van der Waals surface area contributed by atoms with Crippen molar-refractivity contribution in [1.82, 2.24) is 9.97 Å². The number of nitrogens with two attached hydrogens (primary N) is 1. The van der Waals surface area contributed by atoms with Gasteiger partial charge in [-0.15, -0.1) is 0 Å². The van der Waals surface area contributed by atoms with Crippen LogP contribution in [0.5, 0.6) is 0 Å². The molecule has 0 aliphatic carbocycles. The molecule has 0 saturated heterocycles. The number of carbonyl (C=O) groups excluding carboxylic acids is 1. The number of hydrogen-bond acceptors (Lipinski definition) is 5. The van der Waals surface area contributed by atoms with Crippen LogP contribution in [-0.4, -0.2) is 29.0 Å². The molecule has 0 spiro atoms. The van der Waals surface area contributed by atoms with Crippen LogP contribution in [0.15, 0.2) is 6.33 Å². The van der Waals surface area contributed by atoms with Crippen molar-refractivity contribution in [3.05, 3.63) is 11.9 Å². The van der Waals surface area contributed by atoms with Gasteiger partial charge in [0.15, 0.2) is 0 Å². The van der Waals surface area contributed by atoms with Crippen LogP contribution >= 0.6 is 0 Å². The first kappa shape index (κ1) is 13.2. The Hall–Kier alpha value is -1.85. The Bertz CT molecular complexity index is 380. The second-order valence-corrected chi connectivity index (χ2v) is 3.77. The minimum Gasteiger partial charge on any atom is -0.370 e. The molecule has 0 bridgehead atoms. The molecule has 0 aliphatic heterocycles. The Balaban J connectivity index is 2.62. The second kappa shape index (κ2) is 6.67. The summed E-state index contributed by atoms with van der Waals surface area (Å²) in [6.45, 7) is 5.39. The van der Waals surface area contributed by atoms with Crippen LogP contribution in [0.3, 0.4) is 0 Å². The van der Waals surface area contributed by atoms with Crippen LogP contribution in [0.2, 0.25) is 0 Å². The number of nitrogens with one attached hydrogen (secondary N) is 2. The van der Waals surface area contributed by atoms with Gasteiger partial charge in [-0.25, -0.2) is 9.97 Å². The molecule has 1 rings (SSSR count). The van der Waals surface area contributed by atoms with Crippen LogP contribution in [0.1, 0.15) is 25.3 Å². The van der Waals surface area contributed by atoms with Gasteiger partial charge in [0.1, 0.15) is 18.0 Å². The molecule has 0 unspecified atom stereocenters. The minimum atomic E-state index is -0.325. The fourth-order valence-corrected chi connectivity index (χ4v) is 1.35. The molecule has 1 heterocycles. The second-order valence-electron chi connectivity index (χ2n) is 3.77. The first-order valence-electron chi connectivity index (χ1n) is 5.72. The van der Waals surface area contributed by atoms with Crippen molar-refractivity contribution in [2.24, 2.45) is 5.73 Å². The lowest BCUT2D eigenvalue weighted by Crippen LogP contribution is -2.17. The van der Waals surface area contributed by atoms with Crippen LogP contribution in [-0.2, 0) is 4.79 Å². The number of anilines is 2. The molecular weight excluding hydrogens is 218 g/mol. The summed E-state index contributed by atoms with van der Waals surface area (Å²) in [4.78, 5) is 18.9. The number of nitrogens with zero attached hydrogens (tertiary/aromatic N) is 2. The molecule has 6 nitrogen and oxygen atoms in total. The van der Waals surface area contributed by atoms with Gasteiger partial charge in [-0.3, -0.25) is 4.79 Å². The van der Waals surface area contributed by atoms with E-state index in [1.165, 1.54) is 6.33 Å². The van der Waals surface area contributed by atoms with Gasteiger partial charge in [0.2, 0.25) is 5.91 Å². The number of carbonyl (C=O) groups is 1. The van der Waals surface area contributed by atoms with Gasteiger partial charge in [-0.05, 0) is 13.3 Å². The van der Waals surface area contributed by atoms with E-state index in [4.69, 9.17) is 5.73 Å². The van der Waals surface area contributed by atoms with E-state index in [9.17, 15) is 4.79 Å². The first-order chi connectivity index (χ1) is 8.15. The molecule has 0 saturated carbocycles. The maximum atomic E-state index is 10.6. The number of amides is 1. The average molecular weight is 237 g/mol. The van der Waals surface area contributed by atoms with Crippen molar-refractivity contribution in [1.29, 1.82) is 0 Å². The molecule has 0 fully saturated rings. The van der Waals surface area contributed by atoms with E-state index in [-0.39, 0.29) is 5.91 Å². The molecule has 0 aliphatic rings. The number of primary amides is 1. The lowest BCUT2D eigenvalue weighted by Gasteiger charge is -2.11. The van der Waals surface area contributed by atoms with Crippen molar-refractivity contribution in [2.45, 2.75) is 26.7 Å². The third kappa shape index (κ3) is 4.26. The smallest absolute Gasteiger partial charge is 0.219 e. The summed E-state index contributed by atoms with van der Waals surface area (Å²) in [6.07, 6.45) is 2.83. The Morgan fingerprint density at radius 3 is 2.41 bits per heavy atom. The maximum absolute atomic E-state index is 10.6. The minimum absolute atomic E-state index is 0.293. The SMILES string of the molecule is CCCNc1ncnc(NCCC(N)=O)c1C. The molecule has 1 amide bonds. The van der Waals surface area contributed by atoms with Crippen molar-refractivity contribution in [3.63, 3.8) is 0 Å². The van der Waals surface area contributed by atoms with Gasteiger partial charge < -0.3 is 16.4 Å². The fourth-order valence-electron chi connectivity index (χ4n) is 1.35. The molecule has 0 aromatic carbocycles. The molecule has 1 aromatic rings. The van der Waals surface area contributed by atoms with E-state index < -0.39 is 0 Å². The number of rotatable bonds is 7. The molecular formula is C11H19N5O. The highest BCUT2D eigenvalue weighted by Crippen LogP contribution is 2.17. The molecule has 6 heteroatoms. The first-order valence-corrected chi connectivity index (χ1v) is 5.72. The summed E-state index contributed by atoms with van der Waals surface area (Å²) in [5.74, 6) is 1.23. The van der Waals surface area contributed by atoms with E-state index in [1.807, 2.05) is 6.92 Å².